The number of hydrogen-bond donors (Lipinski definition) is 0. The number of benzene rings is 1. The molecule has 0 N–H and O–H groups in total. The smallest absolute Gasteiger partial charge is 0.416 e. The first-order valence-corrected chi connectivity index (χ1v) is 5.39. The summed E-state index contributed by atoms with van der Waals surface area (Å²) in [6.45, 7) is 1.53. The molecule has 0 aliphatic carbocycles. The highest BCUT2D eigenvalue weighted by atomic mass is 19.4. The van der Waals surface area contributed by atoms with Crippen LogP contribution in [0, 0.1) is 6.92 Å². The molecule has 9 heteroatoms. The molecule has 0 radical (unpaired) electrons. The van der Waals surface area contributed by atoms with E-state index in [0.29, 0.717) is 5.82 Å². The number of carbonyl (C=O) groups is 1. The first kappa shape index (κ1) is 14.0. The van der Waals surface area contributed by atoms with Crippen LogP contribution in [0.25, 0.3) is 5.69 Å². The summed E-state index contributed by atoms with van der Waals surface area (Å²) in [5, 5.41) is 10.5. The van der Waals surface area contributed by atoms with Gasteiger partial charge in [0.1, 0.15) is 0 Å². The maximum absolute atomic E-state index is 12.8. The molecule has 2 rings (SSSR count). The third-order valence-electron chi connectivity index (χ3n) is 2.54. The van der Waals surface area contributed by atoms with Crippen molar-refractivity contribution in [3.63, 3.8) is 0 Å². The zero-order valence-corrected chi connectivity index (χ0v) is 10.5. The van der Waals surface area contributed by atoms with Gasteiger partial charge in [-0.05, 0) is 35.5 Å². The number of alkyl halides is 3. The standard InChI is InChI=1S/C11H9F3N4O2/c1-6-15-16-17-18(6)9-4-7(10(19)20-2)3-8(5-9)11(12,13)14/h3-5H,1-2H3. The van der Waals surface area contributed by atoms with Crippen molar-refractivity contribution >= 4 is 5.97 Å². The minimum atomic E-state index is -4.60. The first-order chi connectivity index (χ1) is 9.32. The van der Waals surface area contributed by atoms with Crippen LogP contribution in [-0.4, -0.2) is 33.3 Å². The number of rotatable bonds is 2. The summed E-state index contributed by atoms with van der Waals surface area (Å²) in [6, 6.07) is 2.80. The van der Waals surface area contributed by atoms with E-state index in [-0.39, 0.29) is 11.3 Å². The third-order valence-corrected chi connectivity index (χ3v) is 2.54. The second-order valence-corrected chi connectivity index (χ2v) is 3.90. The molecule has 0 fully saturated rings. The van der Waals surface area contributed by atoms with Crippen molar-refractivity contribution in [3.05, 3.63) is 35.2 Å². The van der Waals surface area contributed by atoms with Crippen molar-refractivity contribution in [3.8, 4) is 5.69 Å². The minimum Gasteiger partial charge on any atom is -0.465 e. The van der Waals surface area contributed by atoms with Gasteiger partial charge in [-0.15, -0.1) is 5.10 Å². The summed E-state index contributed by atoms with van der Waals surface area (Å²) in [7, 11) is 1.09. The highest BCUT2D eigenvalue weighted by Crippen LogP contribution is 2.31. The second kappa shape index (κ2) is 4.91. The Morgan fingerprint density at radius 1 is 1.30 bits per heavy atom. The van der Waals surface area contributed by atoms with E-state index in [2.05, 4.69) is 20.3 Å². The lowest BCUT2D eigenvalue weighted by molar-refractivity contribution is -0.137. The largest absolute Gasteiger partial charge is 0.465 e. The Kier molecular flexibility index (Phi) is 3.43. The van der Waals surface area contributed by atoms with Crippen molar-refractivity contribution in [2.75, 3.05) is 7.11 Å². The molecule has 0 aliphatic heterocycles. The van der Waals surface area contributed by atoms with E-state index in [0.717, 1.165) is 23.9 Å². The first-order valence-electron chi connectivity index (χ1n) is 5.39. The maximum atomic E-state index is 12.8. The molecule has 0 atom stereocenters. The molecule has 1 aromatic carbocycles. The zero-order chi connectivity index (χ0) is 14.9. The summed E-state index contributed by atoms with van der Waals surface area (Å²) in [4.78, 5) is 11.4. The van der Waals surface area contributed by atoms with Gasteiger partial charge in [-0.3, -0.25) is 0 Å². The van der Waals surface area contributed by atoms with Crippen LogP contribution in [0.4, 0.5) is 13.2 Å². The summed E-state index contributed by atoms with van der Waals surface area (Å²) in [5.41, 5.74) is -1.18. The quantitative estimate of drug-likeness (QED) is 0.787. The SMILES string of the molecule is COC(=O)c1cc(-n2nnnc2C)cc(C(F)(F)F)c1. The number of methoxy groups -OCH3 is 1. The van der Waals surface area contributed by atoms with Crippen molar-refractivity contribution in [2.45, 2.75) is 13.1 Å². The molecule has 0 saturated heterocycles. The fourth-order valence-corrected chi connectivity index (χ4v) is 1.60. The summed E-state index contributed by atoms with van der Waals surface area (Å²) in [6.07, 6.45) is -4.60. The van der Waals surface area contributed by atoms with Crippen LogP contribution in [0.3, 0.4) is 0 Å². The molecule has 1 heterocycles. The van der Waals surface area contributed by atoms with Gasteiger partial charge in [0.25, 0.3) is 0 Å². The molecular weight excluding hydrogens is 277 g/mol. The molecule has 0 amide bonds. The Morgan fingerprint density at radius 2 is 2.00 bits per heavy atom. The van der Waals surface area contributed by atoms with E-state index in [9.17, 15) is 18.0 Å². The molecule has 6 nitrogen and oxygen atoms in total. The van der Waals surface area contributed by atoms with Crippen LogP contribution in [0.1, 0.15) is 21.7 Å². The Balaban J connectivity index is 2.63. The van der Waals surface area contributed by atoms with Gasteiger partial charge in [0, 0.05) is 0 Å². The van der Waals surface area contributed by atoms with Crippen LogP contribution in [0.15, 0.2) is 18.2 Å². The average Bonchev–Trinajstić information content (AvgIpc) is 2.82. The topological polar surface area (TPSA) is 69.9 Å². The van der Waals surface area contributed by atoms with E-state index in [1.807, 2.05) is 0 Å². The van der Waals surface area contributed by atoms with Gasteiger partial charge in [0.2, 0.25) is 0 Å². The van der Waals surface area contributed by atoms with Crippen LogP contribution in [0.2, 0.25) is 0 Å². The minimum absolute atomic E-state index is 0.0303. The second-order valence-electron chi connectivity index (χ2n) is 3.90. The van der Waals surface area contributed by atoms with Crippen LogP contribution in [0.5, 0.6) is 0 Å². The molecule has 1 aromatic heterocycles. The molecule has 20 heavy (non-hydrogen) atoms. The molecule has 0 saturated carbocycles. The van der Waals surface area contributed by atoms with Gasteiger partial charge < -0.3 is 4.74 Å². The van der Waals surface area contributed by atoms with Crippen molar-refractivity contribution < 1.29 is 22.7 Å². The van der Waals surface area contributed by atoms with E-state index in [1.165, 1.54) is 13.0 Å². The van der Waals surface area contributed by atoms with E-state index >= 15 is 0 Å². The molecule has 0 unspecified atom stereocenters. The van der Waals surface area contributed by atoms with Crippen LogP contribution in [-0.2, 0) is 10.9 Å². The lowest BCUT2D eigenvalue weighted by Crippen LogP contribution is -2.11. The van der Waals surface area contributed by atoms with Gasteiger partial charge in [-0.1, -0.05) is 0 Å². The molecule has 0 spiro atoms. The van der Waals surface area contributed by atoms with E-state index < -0.39 is 17.7 Å². The Labute approximate surface area is 111 Å². The van der Waals surface area contributed by atoms with Crippen LogP contribution < -0.4 is 0 Å². The molecular formula is C11H9F3N4O2. The number of esters is 1. The number of aryl methyl sites for hydroxylation is 1. The summed E-state index contributed by atoms with van der Waals surface area (Å²) < 4.78 is 44.1. The number of hydrogen-bond acceptors (Lipinski definition) is 5. The number of nitrogens with zero attached hydrogens (tertiary/aromatic N) is 4. The average molecular weight is 286 g/mol. The molecule has 0 aliphatic rings. The fraction of sp³-hybridized carbons (Fsp3) is 0.273. The Morgan fingerprint density at radius 3 is 2.50 bits per heavy atom. The van der Waals surface area contributed by atoms with Crippen LogP contribution >= 0.6 is 0 Å². The normalized spacial score (nSPS) is 11.4. The highest BCUT2D eigenvalue weighted by Gasteiger charge is 2.32. The number of carbonyl (C=O) groups excluding carboxylic acids is 1. The van der Waals surface area contributed by atoms with Crippen molar-refractivity contribution in [1.29, 1.82) is 0 Å². The van der Waals surface area contributed by atoms with Gasteiger partial charge in [-0.25, -0.2) is 4.79 Å². The van der Waals surface area contributed by atoms with Gasteiger partial charge in [0.05, 0.1) is 23.9 Å². The predicted molar refractivity (Wildman–Crippen MR) is 60.2 cm³/mol. The molecule has 106 valence electrons. The molecule has 0 bridgehead atoms. The lowest BCUT2D eigenvalue weighted by Gasteiger charge is -2.11. The summed E-state index contributed by atoms with van der Waals surface area (Å²) in [5.74, 6) is -0.580. The highest BCUT2D eigenvalue weighted by molar-refractivity contribution is 5.90. The molecule has 2 aromatic rings. The number of ether oxygens (including phenoxy) is 1. The number of aromatic nitrogens is 4. The van der Waals surface area contributed by atoms with Gasteiger partial charge in [-0.2, -0.15) is 17.9 Å². The maximum Gasteiger partial charge on any atom is 0.416 e. The van der Waals surface area contributed by atoms with E-state index in [1.54, 1.807) is 0 Å². The Hall–Kier alpha value is -2.45. The van der Waals surface area contributed by atoms with Crippen molar-refractivity contribution in [1.82, 2.24) is 20.2 Å². The Bertz CT molecular complexity index is 651. The lowest BCUT2D eigenvalue weighted by atomic mass is 10.1. The third kappa shape index (κ3) is 2.60. The fourth-order valence-electron chi connectivity index (χ4n) is 1.60. The monoisotopic (exact) mass is 286 g/mol. The zero-order valence-electron chi connectivity index (χ0n) is 10.5. The summed E-state index contributed by atoms with van der Waals surface area (Å²) >= 11 is 0. The van der Waals surface area contributed by atoms with Gasteiger partial charge >= 0.3 is 12.1 Å². The van der Waals surface area contributed by atoms with E-state index in [4.69, 9.17) is 0 Å². The number of halogens is 3. The van der Waals surface area contributed by atoms with Gasteiger partial charge in [0.15, 0.2) is 5.82 Å². The van der Waals surface area contributed by atoms with Crippen molar-refractivity contribution in [2.24, 2.45) is 0 Å². The number of tetrazole rings is 1. The predicted octanol–water partition coefficient (Wildman–Crippen LogP) is 1.78.